The monoisotopic (exact) mass is 398 g/mol. The summed E-state index contributed by atoms with van der Waals surface area (Å²) in [5, 5.41) is 19.7. The number of hydrogen-bond donors (Lipinski definition) is 2. The summed E-state index contributed by atoms with van der Waals surface area (Å²) in [6, 6.07) is 0. The second-order valence-corrected chi connectivity index (χ2v) is 9.80. The summed E-state index contributed by atoms with van der Waals surface area (Å²) in [7, 11) is 0. The Morgan fingerprint density at radius 1 is 1.00 bits per heavy atom. The SMILES string of the molecule is CC(=O)OC[C@@H](O)C[C@@H](O)CCC(C)CCCCCCCCCC1(C)CC1C. The van der Waals surface area contributed by atoms with E-state index in [-0.39, 0.29) is 13.0 Å². The Morgan fingerprint density at radius 2 is 1.57 bits per heavy atom. The van der Waals surface area contributed by atoms with Crippen LogP contribution in [0, 0.1) is 17.3 Å². The van der Waals surface area contributed by atoms with E-state index in [1.165, 1.54) is 71.1 Å². The molecule has 0 bridgehead atoms. The van der Waals surface area contributed by atoms with E-state index in [9.17, 15) is 15.0 Å². The van der Waals surface area contributed by atoms with Crippen LogP contribution < -0.4 is 0 Å². The molecule has 0 aromatic heterocycles. The lowest BCUT2D eigenvalue weighted by Crippen LogP contribution is -2.23. The molecular weight excluding hydrogens is 352 g/mol. The molecule has 0 radical (unpaired) electrons. The predicted octanol–water partition coefficient (Wildman–Crippen LogP) is 5.63. The van der Waals surface area contributed by atoms with Crippen molar-refractivity contribution in [3.63, 3.8) is 0 Å². The minimum atomic E-state index is -0.773. The maximum absolute atomic E-state index is 10.7. The van der Waals surface area contributed by atoms with Gasteiger partial charge >= 0.3 is 5.97 Å². The third-order valence-electron chi connectivity index (χ3n) is 6.76. The van der Waals surface area contributed by atoms with Crippen molar-refractivity contribution >= 4 is 5.97 Å². The number of unbranched alkanes of at least 4 members (excludes halogenated alkanes) is 6. The first-order chi connectivity index (χ1) is 13.2. The summed E-state index contributed by atoms with van der Waals surface area (Å²) in [5.74, 6) is 1.17. The molecule has 0 aliphatic heterocycles. The molecule has 0 spiro atoms. The molecule has 5 atom stereocenters. The Kier molecular flexibility index (Phi) is 12.3. The second-order valence-electron chi connectivity index (χ2n) is 9.80. The number of ether oxygens (including phenoxy) is 1. The molecule has 1 aliphatic rings. The van der Waals surface area contributed by atoms with Gasteiger partial charge in [0.25, 0.3) is 0 Å². The Labute approximate surface area is 173 Å². The zero-order valence-electron chi connectivity index (χ0n) is 18.9. The largest absolute Gasteiger partial charge is 0.463 e. The molecule has 4 heteroatoms. The highest BCUT2D eigenvalue weighted by Crippen LogP contribution is 2.55. The molecule has 166 valence electrons. The van der Waals surface area contributed by atoms with Crippen molar-refractivity contribution in [1.82, 2.24) is 0 Å². The molecule has 3 unspecified atom stereocenters. The molecule has 0 aromatic rings. The molecule has 1 saturated carbocycles. The number of aliphatic hydroxyl groups excluding tert-OH is 2. The van der Waals surface area contributed by atoms with Crippen molar-refractivity contribution in [3.8, 4) is 0 Å². The molecule has 1 fully saturated rings. The van der Waals surface area contributed by atoms with Crippen molar-refractivity contribution in [2.45, 2.75) is 123 Å². The van der Waals surface area contributed by atoms with Crippen LogP contribution in [0.5, 0.6) is 0 Å². The van der Waals surface area contributed by atoms with Crippen molar-refractivity contribution in [2.24, 2.45) is 17.3 Å². The van der Waals surface area contributed by atoms with Crippen molar-refractivity contribution in [2.75, 3.05) is 6.61 Å². The molecule has 0 saturated heterocycles. The molecule has 1 rings (SSSR count). The fourth-order valence-corrected chi connectivity index (χ4v) is 4.23. The van der Waals surface area contributed by atoms with Crippen LogP contribution in [0.2, 0.25) is 0 Å². The van der Waals surface area contributed by atoms with Crippen molar-refractivity contribution in [3.05, 3.63) is 0 Å². The van der Waals surface area contributed by atoms with E-state index in [2.05, 4.69) is 20.8 Å². The zero-order valence-corrected chi connectivity index (χ0v) is 18.9. The lowest BCUT2D eigenvalue weighted by molar-refractivity contribution is -0.144. The van der Waals surface area contributed by atoms with Gasteiger partial charge in [-0.3, -0.25) is 4.79 Å². The minimum absolute atomic E-state index is 0.0274. The fourth-order valence-electron chi connectivity index (χ4n) is 4.23. The first-order valence-corrected chi connectivity index (χ1v) is 11.7. The molecular formula is C24H46O4. The predicted molar refractivity (Wildman–Crippen MR) is 115 cm³/mol. The lowest BCUT2D eigenvalue weighted by atomic mass is 9.94. The van der Waals surface area contributed by atoms with Crippen LogP contribution >= 0.6 is 0 Å². The molecule has 28 heavy (non-hydrogen) atoms. The molecule has 4 nitrogen and oxygen atoms in total. The van der Waals surface area contributed by atoms with Gasteiger partial charge in [0.1, 0.15) is 6.61 Å². The number of hydrogen-bond acceptors (Lipinski definition) is 4. The van der Waals surface area contributed by atoms with E-state index in [1.54, 1.807) is 0 Å². The second kappa shape index (κ2) is 13.6. The highest BCUT2D eigenvalue weighted by atomic mass is 16.5. The van der Waals surface area contributed by atoms with E-state index < -0.39 is 18.2 Å². The van der Waals surface area contributed by atoms with E-state index in [0.29, 0.717) is 17.8 Å². The normalized spacial score (nSPS) is 24.6. The molecule has 2 N–H and O–H groups in total. The first kappa shape index (κ1) is 25.4. The number of carbonyl (C=O) groups is 1. The van der Waals surface area contributed by atoms with Crippen molar-refractivity contribution in [1.29, 1.82) is 0 Å². The average molecular weight is 399 g/mol. The Bertz CT molecular complexity index is 425. The summed E-state index contributed by atoms with van der Waals surface area (Å²) >= 11 is 0. The van der Waals surface area contributed by atoms with Gasteiger partial charge in [0.15, 0.2) is 0 Å². The standard InChI is InChI=1S/C24H46O4/c1-19(13-14-22(26)16-23(27)18-28-21(3)25)12-10-8-6-5-7-9-11-15-24(4)17-20(24)2/h19-20,22-23,26-27H,5-18H2,1-4H3/t19?,20?,22-,23-,24?/m0/s1. The first-order valence-electron chi connectivity index (χ1n) is 11.7. The number of esters is 1. The highest BCUT2D eigenvalue weighted by molar-refractivity contribution is 5.65. The maximum Gasteiger partial charge on any atom is 0.302 e. The van der Waals surface area contributed by atoms with E-state index in [0.717, 1.165) is 12.3 Å². The summed E-state index contributed by atoms with van der Waals surface area (Å²) in [4.78, 5) is 10.7. The van der Waals surface area contributed by atoms with Crippen LogP contribution in [-0.2, 0) is 9.53 Å². The van der Waals surface area contributed by atoms with Gasteiger partial charge in [0, 0.05) is 13.3 Å². The fraction of sp³-hybridized carbons (Fsp3) is 0.958. The van der Waals surface area contributed by atoms with Crippen LogP contribution in [0.25, 0.3) is 0 Å². The Balaban J connectivity index is 1.88. The number of aliphatic hydroxyl groups is 2. The van der Waals surface area contributed by atoms with Gasteiger partial charge in [-0.1, -0.05) is 72.1 Å². The van der Waals surface area contributed by atoms with Gasteiger partial charge in [0.2, 0.25) is 0 Å². The third kappa shape index (κ3) is 12.1. The van der Waals surface area contributed by atoms with Crippen LogP contribution in [-0.4, -0.2) is 35.0 Å². The topological polar surface area (TPSA) is 66.8 Å². The van der Waals surface area contributed by atoms with E-state index >= 15 is 0 Å². The van der Waals surface area contributed by atoms with Crippen LogP contribution in [0.4, 0.5) is 0 Å². The Morgan fingerprint density at radius 3 is 2.14 bits per heavy atom. The minimum Gasteiger partial charge on any atom is -0.463 e. The van der Waals surface area contributed by atoms with E-state index in [1.807, 2.05) is 0 Å². The third-order valence-corrected chi connectivity index (χ3v) is 6.76. The summed E-state index contributed by atoms with van der Waals surface area (Å²) < 4.78 is 4.76. The molecule has 0 heterocycles. The molecule has 0 amide bonds. The summed E-state index contributed by atoms with van der Waals surface area (Å²) in [6.07, 6.45) is 14.3. The van der Waals surface area contributed by atoms with Gasteiger partial charge < -0.3 is 14.9 Å². The summed E-state index contributed by atoms with van der Waals surface area (Å²) in [6.45, 7) is 8.38. The zero-order chi connectivity index (χ0) is 21.0. The quantitative estimate of drug-likeness (QED) is 0.246. The van der Waals surface area contributed by atoms with Gasteiger partial charge in [-0.05, 0) is 42.9 Å². The number of carbonyl (C=O) groups excluding carboxylic acids is 1. The highest BCUT2D eigenvalue weighted by Gasteiger charge is 2.45. The maximum atomic E-state index is 10.7. The Hall–Kier alpha value is -0.610. The number of rotatable bonds is 17. The smallest absolute Gasteiger partial charge is 0.302 e. The molecule has 1 aliphatic carbocycles. The lowest BCUT2D eigenvalue weighted by Gasteiger charge is -2.17. The van der Waals surface area contributed by atoms with Crippen molar-refractivity contribution < 1.29 is 19.7 Å². The van der Waals surface area contributed by atoms with Crippen LogP contribution in [0.15, 0.2) is 0 Å². The van der Waals surface area contributed by atoms with Gasteiger partial charge in [-0.25, -0.2) is 0 Å². The average Bonchev–Trinajstić information content (AvgIpc) is 3.23. The van der Waals surface area contributed by atoms with Gasteiger partial charge in [0.05, 0.1) is 12.2 Å². The van der Waals surface area contributed by atoms with Gasteiger partial charge in [-0.2, -0.15) is 0 Å². The van der Waals surface area contributed by atoms with Gasteiger partial charge in [-0.15, -0.1) is 0 Å². The van der Waals surface area contributed by atoms with E-state index in [4.69, 9.17) is 4.74 Å². The summed E-state index contributed by atoms with van der Waals surface area (Å²) in [5.41, 5.74) is 0.685. The van der Waals surface area contributed by atoms with Crippen LogP contribution in [0.1, 0.15) is 111 Å². The van der Waals surface area contributed by atoms with Crippen LogP contribution in [0.3, 0.4) is 0 Å². The molecule has 0 aromatic carbocycles.